The number of carboxylic acid groups (broad SMARTS) is 1. The molecule has 1 unspecified atom stereocenters. The molecule has 0 aromatic heterocycles. The van der Waals surface area contributed by atoms with Crippen LogP contribution in [-0.4, -0.2) is 28.7 Å². The SMILES string of the molecule is CC1(NC(=O)NC(Cc2ccccc2)C(=O)O)CCCC1. The molecule has 0 bridgehead atoms. The van der Waals surface area contributed by atoms with Gasteiger partial charge < -0.3 is 15.7 Å². The number of aliphatic carboxylic acids is 1. The van der Waals surface area contributed by atoms with Crippen LogP contribution in [0.2, 0.25) is 0 Å². The molecule has 5 nitrogen and oxygen atoms in total. The fourth-order valence-electron chi connectivity index (χ4n) is 2.80. The van der Waals surface area contributed by atoms with Gasteiger partial charge in [0.2, 0.25) is 0 Å². The van der Waals surface area contributed by atoms with Crippen molar-refractivity contribution in [1.29, 1.82) is 0 Å². The van der Waals surface area contributed by atoms with Gasteiger partial charge in [0, 0.05) is 12.0 Å². The van der Waals surface area contributed by atoms with Gasteiger partial charge in [0.05, 0.1) is 0 Å². The van der Waals surface area contributed by atoms with Gasteiger partial charge in [-0.1, -0.05) is 43.2 Å². The van der Waals surface area contributed by atoms with Crippen molar-refractivity contribution < 1.29 is 14.7 Å². The number of amides is 2. The molecular formula is C16H22N2O3. The normalized spacial score (nSPS) is 18.0. The van der Waals surface area contributed by atoms with Crippen molar-refractivity contribution in [3.05, 3.63) is 35.9 Å². The van der Waals surface area contributed by atoms with E-state index in [9.17, 15) is 14.7 Å². The van der Waals surface area contributed by atoms with Crippen molar-refractivity contribution in [3.63, 3.8) is 0 Å². The largest absolute Gasteiger partial charge is 0.480 e. The fourth-order valence-corrected chi connectivity index (χ4v) is 2.80. The number of urea groups is 1. The predicted octanol–water partition coefficient (Wildman–Crippen LogP) is 2.31. The van der Waals surface area contributed by atoms with Gasteiger partial charge in [-0.3, -0.25) is 0 Å². The Labute approximate surface area is 124 Å². The third-order valence-corrected chi connectivity index (χ3v) is 4.01. The van der Waals surface area contributed by atoms with E-state index < -0.39 is 18.0 Å². The summed E-state index contributed by atoms with van der Waals surface area (Å²) < 4.78 is 0. The molecule has 1 aromatic carbocycles. The van der Waals surface area contributed by atoms with E-state index in [1.165, 1.54) is 0 Å². The lowest BCUT2D eigenvalue weighted by Gasteiger charge is -2.26. The second-order valence-corrected chi connectivity index (χ2v) is 5.95. The first-order valence-corrected chi connectivity index (χ1v) is 7.34. The standard InChI is InChI=1S/C16H22N2O3/c1-16(9-5-6-10-16)18-15(21)17-13(14(19)20)11-12-7-3-2-4-8-12/h2-4,7-8,13H,5-6,9-11H2,1H3,(H,19,20)(H2,17,18,21). The van der Waals surface area contributed by atoms with Crippen molar-refractivity contribution in [3.8, 4) is 0 Å². The molecule has 0 heterocycles. The highest BCUT2D eigenvalue weighted by Gasteiger charge is 2.31. The Balaban J connectivity index is 1.93. The zero-order chi connectivity index (χ0) is 15.3. The second kappa shape index (κ2) is 6.61. The first-order chi connectivity index (χ1) is 9.98. The van der Waals surface area contributed by atoms with E-state index in [-0.39, 0.29) is 12.0 Å². The smallest absolute Gasteiger partial charge is 0.326 e. The van der Waals surface area contributed by atoms with Gasteiger partial charge in [0.25, 0.3) is 0 Å². The highest BCUT2D eigenvalue weighted by atomic mass is 16.4. The van der Waals surface area contributed by atoms with Crippen LogP contribution in [0.1, 0.15) is 38.2 Å². The molecule has 0 spiro atoms. The topological polar surface area (TPSA) is 78.4 Å². The third-order valence-electron chi connectivity index (χ3n) is 4.01. The molecule has 2 amide bonds. The summed E-state index contributed by atoms with van der Waals surface area (Å²) in [6.07, 6.45) is 4.36. The molecule has 1 aromatic rings. The molecule has 0 aliphatic heterocycles. The number of nitrogens with one attached hydrogen (secondary N) is 2. The molecule has 3 N–H and O–H groups in total. The Hall–Kier alpha value is -2.04. The van der Waals surface area contributed by atoms with E-state index in [2.05, 4.69) is 10.6 Å². The number of hydrogen-bond acceptors (Lipinski definition) is 2. The van der Waals surface area contributed by atoms with Crippen molar-refractivity contribution >= 4 is 12.0 Å². The minimum Gasteiger partial charge on any atom is -0.480 e. The summed E-state index contributed by atoms with van der Waals surface area (Å²) in [6.45, 7) is 2.01. The summed E-state index contributed by atoms with van der Waals surface area (Å²) >= 11 is 0. The first kappa shape index (κ1) is 15.4. The van der Waals surface area contributed by atoms with E-state index in [1.54, 1.807) is 0 Å². The number of carbonyl (C=O) groups excluding carboxylic acids is 1. The lowest BCUT2D eigenvalue weighted by molar-refractivity contribution is -0.139. The van der Waals surface area contributed by atoms with Crippen LogP contribution in [0.5, 0.6) is 0 Å². The van der Waals surface area contributed by atoms with E-state index in [1.807, 2.05) is 37.3 Å². The van der Waals surface area contributed by atoms with Gasteiger partial charge in [0.1, 0.15) is 6.04 Å². The number of hydrogen-bond donors (Lipinski definition) is 3. The maximum Gasteiger partial charge on any atom is 0.326 e. The van der Waals surface area contributed by atoms with E-state index >= 15 is 0 Å². The monoisotopic (exact) mass is 290 g/mol. The molecule has 114 valence electrons. The van der Waals surface area contributed by atoms with Crippen molar-refractivity contribution in [2.75, 3.05) is 0 Å². The highest BCUT2D eigenvalue weighted by molar-refractivity contribution is 5.83. The molecule has 1 aliphatic rings. The summed E-state index contributed by atoms with van der Waals surface area (Å²) in [5.74, 6) is -1.02. The Kier molecular flexibility index (Phi) is 4.83. The minimum absolute atomic E-state index is 0.208. The Morgan fingerprint density at radius 1 is 1.24 bits per heavy atom. The van der Waals surface area contributed by atoms with Crippen LogP contribution in [-0.2, 0) is 11.2 Å². The fraction of sp³-hybridized carbons (Fsp3) is 0.500. The molecule has 21 heavy (non-hydrogen) atoms. The van der Waals surface area contributed by atoms with Crippen LogP contribution in [0.4, 0.5) is 4.79 Å². The Bertz CT molecular complexity index is 496. The molecule has 1 saturated carbocycles. The molecule has 1 fully saturated rings. The van der Waals surface area contributed by atoms with Gasteiger partial charge >= 0.3 is 12.0 Å². The van der Waals surface area contributed by atoms with Crippen molar-refractivity contribution in [1.82, 2.24) is 10.6 Å². The summed E-state index contributed by atoms with van der Waals surface area (Å²) in [6, 6.07) is 7.98. The average Bonchev–Trinajstić information content (AvgIpc) is 2.85. The molecule has 0 saturated heterocycles. The van der Waals surface area contributed by atoms with Crippen LogP contribution in [0.15, 0.2) is 30.3 Å². The summed E-state index contributed by atoms with van der Waals surface area (Å²) in [7, 11) is 0. The van der Waals surface area contributed by atoms with Crippen molar-refractivity contribution in [2.24, 2.45) is 0 Å². The molecule has 1 aliphatic carbocycles. The van der Waals surface area contributed by atoms with Gasteiger partial charge in [-0.15, -0.1) is 0 Å². The summed E-state index contributed by atoms with van der Waals surface area (Å²) in [5.41, 5.74) is 0.678. The maximum atomic E-state index is 12.0. The number of carboxylic acids is 1. The van der Waals surface area contributed by atoms with Crippen LogP contribution in [0, 0.1) is 0 Å². The zero-order valence-corrected chi connectivity index (χ0v) is 12.3. The van der Waals surface area contributed by atoms with Gasteiger partial charge in [0.15, 0.2) is 0 Å². The summed E-state index contributed by atoms with van der Waals surface area (Å²) in [4.78, 5) is 23.3. The molecular weight excluding hydrogens is 268 g/mol. The van der Waals surface area contributed by atoms with Crippen LogP contribution in [0.25, 0.3) is 0 Å². The summed E-state index contributed by atoms with van der Waals surface area (Å²) in [5, 5.41) is 14.7. The van der Waals surface area contributed by atoms with E-state index in [4.69, 9.17) is 0 Å². The van der Waals surface area contributed by atoms with Crippen LogP contribution < -0.4 is 10.6 Å². The van der Waals surface area contributed by atoms with Crippen molar-refractivity contribution in [2.45, 2.75) is 50.6 Å². The maximum absolute atomic E-state index is 12.0. The number of carbonyl (C=O) groups is 2. The minimum atomic E-state index is -1.02. The van der Waals surface area contributed by atoms with Crippen LogP contribution >= 0.6 is 0 Å². The zero-order valence-electron chi connectivity index (χ0n) is 12.3. The number of rotatable bonds is 5. The second-order valence-electron chi connectivity index (χ2n) is 5.95. The van der Waals surface area contributed by atoms with E-state index in [0.29, 0.717) is 0 Å². The Morgan fingerprint density at radius 2 is 1.86 bits per heavy atom. The van der Waals surface area contributed by atoms with Gasteiger partial charge in [-0.05, 0) is 25.3 Å². The molecule has 2 rings (SSSR count). The first-order valence-electron chi connectivity index (χ1n) is 7.34. The third kappa shape index (κ3) is 4.48. The molecule has 5 heteroatoms. The highest BCUT2D eigenvalue weighted by Crippen LogP contribution is 2.28. The quantitative estimate of drug-likeness (QED) is 0.778. The van der Waals surface area contributed by atoms with Crippen LogP contribution in [0.3, 0.4) is 0 Å². The van der Waals surface area contributed by atoms with E-state index in [0.717, 1.165) is 31.2 Å². The number of benzene rings is 1. The lowest BCUT2D eigenvalue weighted by atomic mass is 10.0. The molecule has 0 radical (unpaired) electrons. The lowest BCUT2D eigenvalue weighted by Crippen LogP contribution is -2.53. The van der Waals surface area contributed by atoms with Gasteiger partial charge in [-0.25, -0.2) is 9.59 Å². The average molecular weight is 290 g/mol. The Morgan fingerprint density at radius 3 is 2.43 bits per heavy atom. The molecule has 1 atom stereocenters. The predicted molar refractivity (Wildman–Crippen MR) is 80.1 cm³/mol. The van der Waals surface area contributed by atoms with Gasteiger partial charge in [-0.2, -0.15) is 0 Å².